The maximum Gasteiger partial charge on any atom is 0.255 e. The zero-order chi connectivity index (χ0) is 17.5. The molecule has 0 heterocycles. The van der Waals surface area contributed by atoms with Gasteiger partial charge < -0.3 is 15.5 Å². The van der Waals surface area contributed by atoms with Crippen molar-refractivity contribution in [3.8, 4) is 0 Å². The number of hydrogen-bond donors (Lipinski definition) is 2. The summed E-state index contributed by atoms with van der Waals surface area (Å²) in [6, 6.07) is 13.5. The number of hydrogen-bond acceptors (Lipinski definition) is 3. The maximum atomic E-state index is 12.2. The minimum Gasteiger partial charge on any atom is -0.351 e. The molecule has 0 aromatic heterocycles. The SMILES string of the molecule is CN(C)CCNC(=O)c1cccc(NC(=O)c2ccc(Cl)cc2)c1. The lowest BCUT2D eigenvalue weighted by molar-refractivity contribution is 0.0949. The Morgan fingerprint density at radius 3 is 2.38 bits per heavy atom. The van der Waals surface area contributed by atoms with E-state index in [9.17, 15) is 9.59 Å². The molecule has 24 heavy (non-hydrogen) atoms. The van der Waals surface area contributed by atoms with E-state index in [1.165, 1.54) is 0 Å². The van der Waals surface area contributed by atoms with E-state index >= 15 is 0 Å². The molecule has 2 amide bonds. The van der Waals surface area contributed by atoms with Crippen molar-refractivity contribution in [1.29, 1.82) is 0 Å². The molecule has 0 aliphatic rings. The van der Waals surface area contributed by atoms with Gasteiger partial charge in [-0.1, -0.05) is 17.7 Å². The van der Waals surface area contributed by atoms with Gasteiger partial charge in [-0.2, -0.15) is 0 Å². The minimum atomic E-state index is -0.253. The fourth-order valence-electron chi connectivity index (χ4n) is 2.04. The average molecular weight is 346 g/mol. The molecule has 0 spiro atoms. The monoisotopic (exact) mass is 345 g/mol. The number of amides is 2. The molecule has 0 saturated carbocycles. The molecule has 0 saturated heterocycles. The summed E-state index contributed by atoms with van der Waals surface area (Å²) in [5.41, 5.74) is 1.57. The number of anilines is 1. The van der Waals surface area contributed by atoms with E-state index in [4.69, 9.17) is 11.6 Å². The summed E-state index contributed by atoms with van der Waals surface area (Å²) in [4.78, 5) is 26.3. The normalized spacial score (nSPS) is 10.5. The third-order valence-corrected chi connectivity index (χ3v) is 3.59. The van der Waals surface area contributed by atoms with Gasteiger partial charge in [0.1, 0.15) is 0 Å². The Kier molecular flexibility index (Phi) is 6.35. The summed E-state index contributed by atoms with van der Waals surface area (Å²) in [5.74, 6) is -0.420. The van der Waals surface area contributed by atoms with Crippen molar-refractivity contribution in [3.05, 3.63) is 64.7 Å². The number of likely N-dealkylation sites (N-methyl/N-ethyl adjacent to an activating group) is 1. The van der Waals surface area contributed by atoms with Crippen molar-refractivity contribution in [3.63, 3.8) is 0 Å². The molecular formula is C18H20ClN3O2. The first-order valence-electron chi connectivity index (χ1n) is 7.55. The van der Waals surface area contributed by atoms with Crippen molar-refractivity contribution in [2.24, 2.45) is 0 Å². The summed E-state index contributed by atoms with van der Waals surface area (Å²) in [6.07, 6.45) is 0. The smallest absolute Gasteiger partial charge is 0.255 e. The van der Waals surface area contributed by atoms with E-state index in [2.05, 4.69) is 10.6 Å². The van der Waals surface area contributed by atoms with Gasteiger partial charge in [0.2, 0.25) is 0 Å². The highest BCUT2D eigenvalue weighted by Gasteiger charge is 2.09. The summed E-state index contributed by atoms with van der Waals surface area (Å²) in [7, 11) is 3.89. The van der Waals surface area contributed by atoms with E-state index in [-0.39, 0.29) is 11.8 Å². The summed E-state index contributed by atoms with van der Waals surface area (Å²) < 4.78 is 0. The predicted octanol–water partition coefficient (Wildman–Crippen LogP) is 2.88. The quantitative estimate of drug-likeness (QED) is 0.846. The zero-order valence-corrected chi connectivity index (χ0v) is 14.4. The van der Waals surface area contributed by atoms with Gasteiger partial charge in [0.15, 0.2) is 0 Å². The third-order valence-electron chi connectivity index (χ3n) is 3.33. The van der Waals surface area contributed by atoms with E-state index < -0.39 is 0 Å². The molecular weight excluding hydrogens is 326 g/mol. The Bertz CT molecular complexity index is 714. The van der Waals surface area contributed by atoms with Crippen LogP contribution in [0.3, 0.4) is 0 Å². The van der Waals surface area contributed by atoms with Gasteiger partial charge in [-0.05, 0) is 56.6 Å². The number of nitrogens with zero attached hydrogens (tertiary/aromatic N) is 1. The Morgan fingerprint density at radius 1 is 1.00 bits per heavy atom. The summed E-state index contributed by atoms with van der Waals surface area (Å²) in [5, 5.41) is 6.19. The molecule has 126 valence electrons. The number of benzene rings is 2. The van der Waals surface area contributed by atoms with Crippen LogP contribution in [0.4, 0.5) is 5.69 Å². The molecule has 0 aliphatic heterocycles. The Hall–Kier alpha value is -2.37. The third kappa shape index (κ3) is 5.37. The van der Waals surface area contributed by atoms with Crippen molar-refractivity contribution >= 4 is 29.1 Å². The number of carbonyl (C=O) groups excluding carboxylic acids is 2. The Labute approximate surface area is 146 Å². The van der Waals surface area contributed by atoms with Crippen LogP contribution in [0.1, 0.15) is 20.7 Å². The van der Waals surface area contributed by atoms with Crippen LogP contribution in [0.2, 0.25) is 5.02 Å². The fraction of sp³-hybridized carbons (Fsp3) is 0.222. The van der Waals surface area contributed by atoms with Crippen LogP contribution >= 0.6 is 11.6 Å². The highest BCUT2D eigenvalue weighted by molar-refractivity contribution is 6.30. The van der Waals surface area contributed by atoms with Crippen LogP contribution in [-0.4, -0.2) is 43.9 Å². The van der Waals surface area contributed by atoms with Gasteiger partial charge in [0, 0.05) is 34.9 Å². The highest BCUT2D eigenvalue weighted by atomic mass is 35.5. The molecule has 2 aromatic carbocycles. The van der Waals surface area contributed by atoms with Crippen molar-refractivity contribution in [2.45, 2.75) is 0 Å². The van der Waals surface area contributed by atoms with Gasteiger partial charge in [-0.25, -0.2) is 0 Å². The van der Waals surface area contributed by atoms with Crippen LogP contribution in [-0.2, 0) is 0 Å². The lowest BCUT2D eigenvalue weighted by Gasteiger charge is -2.11. The van der Waals surface area contributed by atoms with Gasteiger partial charge in [-0.15, -0.1) is 0 Å². The molecule has 6 heteroatoms. The predicted molar refractivity (Wildman–Crippen MR) is 96.7 cm³/mol. The van der Waals surface area contributed by atoms with Crippen LogP contribution < -0.4 is 10.6 Å². The number of halogens is 1. The van der Waals surface area contributed by atoms with Crippen molar-refractivity contribution in [2.75, 3.05) is 32.5 Å². The first kappa shape index (κ1) is 18.0. The topological polar surface area (TPSA) is 61.4 Å². The van der Waals surface area contributed by atoms with Gasteiger partial charge in [0.05, 0.1) is 0 Å². The molecule has 0 atom stereocenters. The van der Waals surface area contributed by atoms with E-state index in [0.29, 0.717) is 28.4 Å². The summed E-state index contributed by atoms with van der Waals surface area (Å²) >= 11 is 5.81. The second kappa shape index (κ2) is 8.47. The molecule has 2 aromatic rings. The lowest BCUT2D eigenvalue weighted by atomic mass is 10.1. The molecule has 0 radical (unpaired) electrons. The minimum absolute atomic E-state index is 0.167. The van der Waals surface area contributed by atoms with Gasteiger partial charge >= 0.3 is 0 Å². The Balaban J connectivity index is 2.00. The lowest BCUT2D eigenvalue weighted by Crippen LogP contribution is -2.31. The molecule has 2 N–H and O–H groups in total. The van der Waals surface area contributed by atoms with Gasteiger partial charge in [-0.3, -0.25) is 9.59 Å². The fourth-order valence-corrected chi connectivity index (χ4v) is 2.16. The molecule has 2 rings (SSSR count). The molecule has 0 bridgehead atoms. The standard InChI is InChI=1S/C18H20ClN3O2/c1-22(2)11-10-20-17(23)14-4-3-5-16(12-14)21-18(24)13-6-8-15(19)9-7-13/h3-9,12H,10-11H2,1-2H3,(H,20,23)(H,21,24). The second-order valence-electron chi connectivity index (χ2n) is 5.60. The number of carbonyl (C=O) groups is 2. The molecule has 0 aliphatic carbocycles. The van der Waals surface area contributed by atoms with E-state index in [1.807, 2.05) is 19.0 Å². The maximum absolute atomic E-state index is 12.2. The van der Waals surface area contributed by atoms with Crippen LogP contribution in [0.25, 0.3) is 0 Å². The zero-order valence-electron chi connectivity index (χ0n) is 13.7. The largest absolute Gasteiger partial charge is 0.351 e. The number of nitrogens with one attached hydrogen (secondary N) is 2. The van der Waals surface area contributed by atoms with Crippen LogP contribution in [0.15, 0.2) is 48.5 Å². The van der Waals surface area contributed by atoms with Gasteiger partial charge in [0.25, 0.3) is 11.8 Å². The Morgan fingerprint density at radius 2 is 1.71 bits per heavy atom. The second-order valence-corrected chi connectivity index (χ2v) is 6.04. The van der Waals surface area contributed by atoms with Crippen LogP contribution in [0, 0.1) is 0 Å². The molecule has 0 fully saturated rings. The molecule has 5 nitrogen and oxygen atoms in total. The number of rotatable bonds is 6. The highest BCUT2D eigenvalue weighted by Crippen LogP contribution is 2.14. The van der Waals surface area contributed by atoms with Crippen molar-refractivity contribution < 1.29 is 9.59 Å². The van der Waals surface area contributed by atoms with Crippen molar-refractivity contribution in [1.82, 2.24) is 10.2 Å². The van der Waals surface area contributed by atoms with Crippen LogP contribution in [0.5, 0.6) is 0 Å². The average Bonchev–Trinajstić information content (AvgIpc) is 2.55. The molecule has 0 unspecified atom stereocenters. The first-order chi connectivity index (χ1) is 11.5. The van der Waals surface area contributed by atoms with E-state index in [1.54, 1.807) is 48.5 Å². The summed E-state index contributed by atoms with van der Waals surface area (Å²) in [6.45, 7) is 1.33. The van der Waals surface area contributed by atoms with E-state index in [0.717, 1.165) is 6.54 Å². The first-order valence-corrected chi connectivity index (χ1v) is 7.93.